The smallest absolute Gasteiger partial charge is 0.325 e. The Hall–Kier alpha value is -2.33. The lowest BCUT2D eigenvalue weighted by atomic mass is 10.2. The van der Waals surface area contributed by atoms with Crippen molar-refractivity contribution in [3.05, 3.63) is 66.2 Å². The fourth-order valence-electron chi connectivity index (χ4n) is 1.66. The van der Waals surface area contributed by atoms with Gasteiger partial charge in [0.1, 0.15) is 6.54 Å². The molecule has 0 aliphatic rings. The van der Waals surface area contributed by atoms with E-state index < -0.39 is 5.97 Å². The molecular formula is C15H15NO3. The van der Waals surface area contributed by atoms with Crippen LogP contribution in [0.25, 0.3) is 0 Å². The third kappa shape index (κ3) is 4.12. The molecule has 0 spiro atoms. The van der Waals surface area contributed by atoms with Crippen molar-refractivity contribution in [3.8, 4) is 0 Å². The highest BCUT2D eigenvalue weighted by molar-refractivity contribution is 5.72. The van der Waals surface area contributed by atoms with Gasteiger partial charge in [0.15, 0.2) is 0 Å². The molecule has 19 heavy (non-hydrogen) atoms. The second-order valence-corrected chi connectivity index (χ2v) is 4.02. The van der Waals surface area contributed by atoms with Crippen LogP contribution in [0.4, 0.5) is 5.69 Å². The topological polar surface area (TPSA) is 49.8 Å². The first-order valence-electron chi connectivity index (χ1n) is 5.97. The number of para-hydroxylation sites is 1. The van der Waals surface area contributed by atoms with E-state index in [0.29, 0.717) is 6.61 Å². The fraction of sp³-hybridized carbons (Fsp3) is 0.133. The summed E-state index contributed by atoms with van der Waals surface area (Å²) >= 11 is 0. The summed E-state index contributed by atoms with van der Waals surface area (Å²) in [7, 11) is 0. The van der Waals surface area contributed by atoms with Crippen LogP contribution in [0, 0.1) is 0 Å². The van der Waals surface area contributed by atoms with Crippen LogP contribution >= 0.6 is 0 Å². The molecule has 0 atom stereocenters. The lowest BCUT2D eigenvalue weighted by molar-refractivity contribution is -0.137. The average molecular weight is 257 g/mol. The van der Waals surface area contributed by atoms with Crippen molar-refractivity contribution in [2.75, 3.05) is 11.6 Å². The largest absolute Gasteiger partial charge is 0.480 e. The number of benzene rings is 2. The van der Waals surface area contributed by atoms with Gasteiger partial charge in [0.2, 0.25) is 0 Å². The minimum atomic E-state index is -0.933. The first kappa shape index (κ1) is 13.1. The molecule has 2 rings (SSSR count). The van der Waals surface area contributed by atoms with Gasteiger partial charge < -0.3 is 5.11 Å². The van der Waals surface area contributed by atoms with E-state index in [-0.39, 0.29) is 6.54 Å². The van der Waals surface area contributed by atoms with Gasteiger partial charge in [0.05, 0.1) is 12.3 Å². The van der Waals surface area contributed by atoms with Crippen molar-refractivity contribution < 1.29 is 14.7 Å². The summed E-state index contributed by atoms with van der Waals surface area (Å²) in [4.78, 5) is 16.5. The van der Waals surface area contributed by atoms with Gasteiger partial charge in [0, 0.05) is 0 Å². The van der Waals surface area contributed by atoms with E-state index in [0.717, 1.165) is 11.3 Å². The van der Waals surface area contributed by atoms with Crippen molar-refractivity contribution in [1.29, 1.82) is 0 Å². The number of rotatable bonds is 6. The van der Waals surface area contributed by atoms with E-state index in [4.69, 9.17) is 9.94 Å². The van der Waals surface area contributed by atoms with Gasteiger partial charge in [-0.3, -0.25) is 9.63 Å². The van der Waals surface area contributed by atoms with Gasteiger partial charge in [-0.15, -0.1) is 0 Å². The summed E-state index contributed by atoms with van der Waals surface area (Å²) in [5, 5.41) is 10.3. The van der Waals surface area contributed by atoms with Crippen molar-refractivity contribution >= 4 is 11.7 Å². The monoisotopic (exact) mass is 257 g/mol. The number of aliphatic carboxylic acids is 1. The molecule has 0 fully saturated rings. The Balaban J connectivity index is 2.04. The van der Waals surface area contributed by atoms with Crippen LogP contribution in [0.3, 0.4) is 0 Å². The van der Waals surface area contributed by atoms with Crippen molar-refractivity contribution in [2.45, 2.75) is 6.61 Å². The Labute approximate surface area is 111 Å². The van der Waals surface area contributed by atoms with Crippen LogP contribution in [0.5, 0.6) is 0 Å². The molecule has 2 aromatic rings. The first-order valence-corrected chi connectivity index (χ1v) is 5.97. The van der Waals surface area contributed by atoms with Gasteiger partial charge in [-0.1, -0.05) is 48.5 Å². The fourth-order valence-corrected chi connectivity index (χ4v) is 1.66. The molecule has 2 aromatic carbocycles. The first-order chi connectivity index (χ1) is 9.25. The number of hydroxylamine groups is 1. The number of carboxylic acid groups (broad SMARTS) is 1. The molecule has 0 aliphatic heterocycles. The minimum absolute atomic E-state index is 0.198. The number of hydrogen-bond donors (Lipinski definition) is 1. The molecule has 1 N–H and O–H groups in total. The molecule has 0 unspecified atom stereocenters. The maximum Gasteiger partial charge on any atom is 0.325 e. The van der Waals surface area contributed by atoms with E-state index >= 15 is 0 Å². The quantitative estimate of drug-likeness (QED) is 0.808. The Morgan fingerprint density at radius 2 is 1.58 bits per heavy atom. The normalized spacial score (nSPS) is 10.1. The number of hydrogen-bond acceptors (Lipinski definition) is 3. The third-order valence-corrected chi connectivity index (χ3v) is 2.55. The number of anilines is 1. The Morgan fingerprint density at radius 1 is 1.00 bits per heavy atom. The van der Waals surface area contributed by atoms with Crippen LogP contribution in [0.15, 0.2) is 60.7 Å². The molecule has 98 valence electrons. The summed E-state index contributed by atoms with van der Waals surface area (Å²) in [6, 6.07) is 18.8. The van der Waals surface area contributed by atoms with E-state index in [9.17, 15) is 4.79 Å². The second kappa shape index (κ2) is 6.56. The van der Waals surface area contributed by atoms with Gasteiger partial charge in [-0.25, -0.2) is 5.06 Å². The molecule has 4 nitrogen and oxygen atoms in total. The molecule has 0 aliphatic carbocycles. The van der Waals surface area contributed by atoms with Crippen molar-refractivity contribution in [3.63, 3.8) is 0 Å². The molecule has 0 aromatic heterocycles. The maximum atomic E-state index is 10.9. The molecule has 4 heteroatoms. The van der Waals surface area contributed by atoms with E-state index in [1.807, 2.05) is 60.7 Å². The molecule has 0 amide bonds. The molecule has 0 radical (unpaired) electrons. The highest BCUT2D eigenvalue weighted by Gasteiger charge is 2.11. The number of carboxylic acids is 1. The summed E-state index contributed by atoms with van der Waals surface area (Å²) in [6.07, 6.45) is 0. The predicted molar refractivity (Wildman–Crippen MR) is 72.7 cm³/mol. The lowest BCUT2D eigenvalue weighted by Crippen LogP contribution is -2.29. The van der Waals surface area contributed by atoms with Gasteiger partial charge >= 0.3 is 5.97 Å². The van der Waals surface area contributed by atoms with E-state index in [1.165, 1.54) is 5.06 Å². The predicted octanol–water partition coefficient (Wildman–Crippen LogP) is 2.71. The van der Waals surface area contributed by atoms with Crippen LogP contribution < -0.4 is 5.06 Å². The number of carbonyl (C=O) groups is 1. The lowest BCUT2D eigenvalue weighted by Gasteiger charge is -2.22. The average Bonchev–Trinajstić information content (AvgIpc) is 2.45. The van der Waals surface area contributed by atoms with Crippen molar-refractivity contribution in [2.24, 2.45) is 0 Å². The minimum Gasteiger partial charge on any atom is -0.480 e. The van der Waals surface area contributed by atoms with Crippen LogP contribution in [-0.4, -0.2) is 17.6 Å². The summed E-state index contributed by atoms with van der Waals surface area (Å²) in [6.45, 7) is 0.139. The third-order valence-electron chi connectivity index (χ3n) is 2.55. The molecule has 0 bridgehead atoms. The van der Waals surface area contributed by atoms with Crippen LogP contribution in [-0.2, 0) is 16.2 Å². The van der Waals surface area contributed by atoms with Gasteiger partial charge in [-0.05, 0) is 17.7 Å². The van der Waals surface area contributed by atoms with Crippen LogP contribution in [0.1, 0.15) is 5.56 Å². The highest BCUT2D eigenvalue weighted by atomic mass is 16.7. The van der Waals surface area contributed by atoms with Gasteiger partial charge in [0.25, 0.3) is 0 Å². The SMILES string of the molecule is O=C(O)CN(OCc1ccccc1)c1ccccc1. The maximum absolute atomic E-state index is 10.9. The standard InChI is InChI=1S/C15H15NO3/c17-15(18)11-16(14-9-5-2-6-10-14)19-12-13-7-3-1-4-8-13/h1-10H,11-12H2,(H,17,18). The van der Waals surface area contributed by atoms with Gasteiger partial charge in [-0.2, -0.15) is 0 Å². The zero-order valence-corrected chi connectivity index (χ0v) is 10.4. The zero-order chi connectivity index (χ0) is 13.5. The van der Waals surface area contributed by atoms with Crippen molar-refractivity contribution in [1.82, 2.24) is 0 Å². The summed E-state index contributed by atoms with van der Waals surface area (Å²) in [5.41, 5.74) is 1.72. The number of nitrogens with zero attached hydrogens (tertiary/aromatic N) is 1. The zero-order valence-electron chi connectivity index (χ0n) is 10.4. The summed E-state index contributed by atoms with van der Waals surface area (Å²) in [5.74, 6) is -0.933. The second-order valence-electron chi connectivity index (χ2n) is 4.02. The summed E-state index contributed by atoms with van der Waals surface area (Å²) < 4.78 is 0. The molecule has 0 saturated heterocycles. The molecule has 0 heterocycles. The highest BCUT2D eigenvalue weighted by Crippen LogP contribution is 2.15. The van der Waals surface area contributed by atoms with E-state index in [2.05, 4.69) is 0 Å². The van der Waals surface area contributed by atoms with E-state index in [1.54, 1.807) is 0 Å². The Bertz CT molecular complexity index is 513. The molecule has 0 saturated carbocycles. The Morgan fingerprint density at radius 3 is 2.16 bits per heavy atom. The Kier molecular flexibility index (Phi) is 4.53. The molecular weight excluding hydrogens is 242 g/mol. The van der Waals surface area contributed by atoms with Crippen LogP contribution in [0.2, 0.25) is 0 Å².